The van der Waals surface area contributed by atoms with Crippen molar-refractivity contribution in [2.24, 2.45) is 0 Å². The van der Waals surface area contributed by atoms with Gasteiger partial charge in [0.05, 0.1) is 24.4 Å². The van der Waals surface area contributed by atoms with Gasteiger partial charge in [0.2, 0.25) is 0 Å². The summed E-state index contributed by atoms with van der Waals surface area (Å²) in [4.78, 5) is 31.2. The van der Waals surface area contributed by atoms with E-state index in [1.807, 2.05) is 56.3 Å². The van der Waals surface area contributed by atoms with Crippen LogP contribution in [0.5, 0.6) is 0 Å². The molecule has 5 nitrogen and oxygen atoms in total. The monoisotopic (exact) mass is 398 g/mol. The Hall–Kier alpha value is -2.63. The first kappa shape index (κ1) is 20.1. The highest BCUT2D eigenvalue weighted by Crippen LogP contribution is 2.36. The average Bonchev–Trinajstić information content (AvgIpc) is 2.68. The van der Waals surface area contributed by atoms with E-state index in [4.69, 9.17) is 16.4 Å². The van der Waals surface area contributed by atoms with E-state index < -0.39 is 6.04 Å². The number of fused-ring (bicyclic) bond motifs is 1. The minimum absolute atomic E-state index is 0.137. The van der Waals surface area contributed by atoms with E-state index in [9.17, 15) is 9.59 Å². The molecule has 0 saturated carbocycles. The first-order valence-corrected chi connectivity index (χ1v) is 9.57. The van der Waals surface area contributed by atoms with E-state index in [1.165, 1.54) is 6.92 Å². The average molecular weight is 399 g/mol. The molecule has 2 aromatic rings. The van der Waals surface area contributed by atoms with E-state index in [0.717, 1.165) is 16.7 Å². The Morgan fingerprint density at radius 3 is 2.54 bits per heavy atom. The summed E-state index contributed by atoms with van der Waals surface area (Å²) in [5.74, 6) is -0.476. The van der Waals surface area contributed by atoms with Crippen LogP contribution in [0.15, 0.2) is 54.2 Å². The molecule has 3 rings (SSSR count). The van der Waals surface area contributed by atoms with Crippen LogP contribution in [0.3, 0.4) is 0 Å². The number of benzene rings is 2. The van der Waals surface area contributed by atoms with Crippen molar-refractivity contribution in [2.75, 3.05) is 6.61 Å². The maximum absolute atomic E-state index is 13.3. The normalized spacial score (nSPS) is 14.5. The largest absolute Gasteiger partial charge is 0.338 e. The van der Waals surface area contributed by atoms with Crippen LogP contribution < -0.4 is 5.32 Å². The van der Waals surface area contributed by atoms with Crippen LogP contribution in [0, 0.1) is 0 Å². The van der Waals surface area contributed by atoms with Gasteiger partial charge in [0.1, 0.15) is 6.04 Å². The number of Topliss-reactive ketones (excluding diaryl/α,β-unsaturated/α-hetero) is 1. The Bertz CT molecular complexity index is 925. The predicted octanol–water partition coefficient (Wildman–Crippen LogP) is 4.28. The molecule has 1 aliphatic rings. The van der Waals surface area contributed by atoms with Gasteiger partial charge in [0, 0.05) is 10.6 Å². The minimum Gasteiger partial charge on any atom is -0.338 e. The zero-order valence-corrected chi connectivity index (χ0v) is 16.9. The second kappa shape index (κ2) is 8.59. The number of halogens is 1. The van der Waals surface area contributed by atoms with E-state index >= 15 is 0 Å². The summed E-state index contributed by atoms with van der Waals surface area (Å²) in [5.41, 5.74) is 3.47. The molecular formula is C22H23ClN2O3. The lowest BCUT2D eigenvalue weighted by atomic mass is 9.93. The number of hydroxylamine groups is 2. The van der Waals surface area contributed by atoms with E-state index in [-0.39, 0.29) is 11.7 Å². The number of amides is 1. The Kier molecular flexibility index (Phi) is 6.17. The summed E-state index contributed by atoms with van der Waals surface area (Å²) >= 11 is 6.39. The Morgan fingerprint density at radius 1 is 1.18 bits per heavy atom. The molecule has 0 bridgehead atoms. The fourth-order valence-electron chi connectivity index (χ4n) is 3.39. The number of hydrogen-bond donors (Lipinski definition) is 1. The molecule has 1 heterocycles. The van der Waals surface area contributed by atoms with Gasteiger partial charge in [-0.15, -0.1) is 0 Å². The molecule has 1 N–H and O–H groups in total. The Morgan fingerprint density at radius 2 is 1.89 bits per heavy atom. The van der Waals surface area contributed by atoms with Gasteiger partial charge in [-0.3, -0.25) is 19.5 Å². The third-order valence-corrected chi connectivity index (χ3v) is 5.11. The third kappa shape index (κ3) is 3.96. The van der Waals surface area contributed by atoms with Crippen LogP contribution in [-0.4, -0.2) is 23.4 Å². The molecule has 146 valence electrons. The maximum atomic E-state index is 13.3. The molecule has 0 unspecified atom stereocenters. The number of carbonyl (C=O) groups excluding carboxylic acids is 2. The number of allylic oxidation sites excluding steroid dienone is 1. The summed E-state index contributed by atoms with van der Waals surface area (Å²) in [6.07, 6.45) is 0. The summed E-state index contributed by atoms with van der Waals surface area (Å²) in [6.45, 7) is 6.11. The SMILES string of the molecule is CCON1Cc2c(Cl)cccc2C(C(=O)N[C@H](C(C)=O)c2ccccc2)=C1C. The lowest BCUT2D eigenvalue weighted by molar-refractivity contribution is -0.135. The molecule has 0 aliphatic carbocycles. The fourth-order valence-corrected chi connectivity index (χ4v) is 3.62. The Labute approximate surface area is 169 Å². The second-order valence-corrected chi connectivity index (χ2v) is 7.02. The van der Waals surface area contributed by atoms with Crippen molar-refractivity contribution in [3.8, 4) is 0 Å². The highest BCUT2D eigenvalue weighted by molar-refractivity contribution is 6.32. The molecular weight excluding hydrogens is 376 g/mol. The minimum atomic E-state index is -0.723. The number of carbonyl (C=O) groups is 2. The van der Waals surface area contributed by atoms with Crippen molar-refractivity contribution in [3.05, 3.63) is 75.9 Å². The molecule has 0 spiro atoms. The standard InChI is InChI=1S/C22H23ClN2O3/c1-4-28-25-13-18-17(11-8-12-19(18)23)20(14(25)2)22(27)24-21(15(3)26)16-9-6-5-7-10-16/h5-12,21H,4,13H2,1-3H3,(H,24,27)/t21-/m1/s1. The van der Waals surface area contributed by atoms with E-state index in [1.54, 1.807) is 11.1 Å². The molecule has 1 aliphatic heterocycles. The quantitative estimate of drug-likeness (QED) is 0.788. The van der Waals surface area contributed by atoms with Crippen molar-refractivity contribution in [1.82, 2.24) is 10.4 Å². The van der Waals surface area contributed by atoms with Crippen LogP contribution in [0.25, 0.3) is 5.57 Å². The van der Waals surface area contributed by atoms with E-state index in [0.29, 0.717) is 29.4 Å². The smallest absolute Gasteiger partial charge is 0.254 e. The van der Waals surface area contributed by atoms with Gasteiger partial charge >= 0.3 is 0 Å². The predicted molar refractivity (Wildman–Crippen MR) is 109 cm³/mol. The second-order valence-electron chi connectivity index (χ2n) is 6.61. The molecule has 6 heteroatoms. The number of hydrogen-bond acceptors (Lipinski definition) is 4. The maximum Gasteiger partial charge on any atom is 0.254 e. The highest BCUT2D eigenvalue weighted by atomic mass is 35.5. The molecule has 1 atom stereocenters. The van der Waals surface area contributed by atoms with Gasteiger partial charge in [-0.05, 0) is 38.0 Å². The van der Waals surface area contributed by atoms with Gasteiger partial charge in [0.15, 0.2) is 5.78 Å². The molecule has 0 aromatic heterocycles. The summed E-state index contributed by atoms with van der Waals surface area (Å²) in [5, 5.41) is 5.13. The van der Waals surface area contributed by atoms with Gasteiger partial charge in [-0.2, -0.15) is 0 Å². The van der Waals surface area contributed by atoms with Crippen molar-refractivity contribution in [1.29, 1.82) is 0 Å². The molecule has 2 aromatic carbocycles. The van der Waals surface area contributed by atoms with Crippen LogP contribution in [-0.2, 0) is 21.0 Å². The van der Waals surface area contributed by atoms with Crippen LogP contribution in [0.1, 0.15) is 43.5 Å². The number of ketones is 1. The van der Waals surface area contributed by atoms with Crippen molar-refractivity contribution < 1.29 is 14.4 Å². The molecule has 28 heavy (non-hydrogen) atoms. The van der Waals surface area contributed by atoms with Crippen LogP contribution >= 0.6 is 11.6 Å². The number of nitrogens with one attached hydrogen (secondary N) is 1. The third-order valence-electron chi connectivity index (χ3n) is 4.75. The van der Waals surface area contributed by atoms with Crippen LogP contribution in [0.4, 0.5) is 0 Å². The van der Waals surface area contributed by atoms with Crippen molar-refractivity contribution in [3.63, 3.8) is 0 Å². The lowest BCUT2D eigenvalue weighted by Gasteiger charge is -2.32. The zero-order valence-electron chi connectivity index (χ0n) is 16.2. The van der Waals surface area contributed by atoms with Gasteiger partial charge in [0.25, 0.3) is 5.91 Å². The zero-order chi connectivity index (χ0) is 20.3. The van der Waals surface area contributed by atoms with E-state index in [2.05, 4.69) is 5.32 Å². The molecule has 0 fully saturated rings. The number of rotatable bonds is 6. The lowest BCUT2D eigenvalue weighted by Crippen LogP contribution is -2.37. The van der Waals surface area contributed by atoms with Gasteiger partial charge < -0.3 is 5.32 Å². The van der Waals surface area contributed by atoms with Gasteiger partial charge in [-0.25, -0.2) is 0 Å². The summed E-state index contributed by atoms with van der Waals surface area (Å²) < 4.78 is 0. The summed E-state index contributed by atoms with van der Waals surface area (Å²) in [7, 11) is 0. The Balaban J connectivity index is 2.01. The van der Waals surface area contributed by atoms with Gasteiger partial charge in [-0.1, -0.05) is 54.1 Å². The van der Waals surface area contributed by atoms with Crippen molar-refractivity contribution in [2.45, 2.75) is 33.4 Å². The van der Waals surface area contributed by atoms with Crippen LogP contribution in [0.2, 0.25) is 5.02 Å². The fraction of sp³-hybridized carbons (Fsp3) is 0.273. The first-order chi connectivity index (χ1) is 13.4. The summed E-state index contributed by atoms with van der Waals surface area (Å²) in [6, 6.07) is 14.0. The molecule has 0 saturated heterocycles. The number of nitrogens with zero attached hydrogens (tertiary/aromatic N) is 1. The highest BCUT2D eigenvalue weighted by Gasteiger charge is 2.30. The first-order valence-electron chi connectivity index (χ1n) is 9.19. The topological polar surface area (TPSA) is 58.6 Å². The molecule has 0 radical (unpaired) electrons. The van der Waals surface area contributed by atoms with Crippen molar-refractivity contribution >= 4 is 28.9 Å². The molecule has 1 amide bonds.